The van der Waals surface area contributed by atoms with E-state index in [-0.39, 0.29) is 16.7 Å². The van der Waals surface area contributed by atoms with E-state index in [9.17, 15) is 14.4 Å². The number of carbonyl (C=O) groups excluding carboxylic acids is 1. The average molecular weight is 542 g/mol. The van der Waals surface area contributed by atoms with E-state index in [2.05, 4.69) is 72.7 Å². The largest absolute Gasteiger partial charge is 0.414 e. The highest BCUT2D eigenvalue weighted by atomic mass is 28.4. The first-order valence-corrected chi connectivity index (χ1v) is 18.2. The summed E-state index contributed by atoms with van der Waals surface area (Å²) in [7, 11) is -4.63. The van der Waals surface area contributed by atoms with Gasteiger partial charge in [0.25, 0.3) is 5.56 Å². The van der Waals surface area contributed by atoms with Crippen LogP contribution in [0.3, 0.4) is 0 Å². The van der Waals surface area contributed by atoms with E-state index in [0.29, 0.717) is 5.56 Å². The average Bonchev–Trinajstić information content (AvgIpc) is 3.38. The number of aryl methyl sites for hydroxylation is 1. The van der Waals surface area contributed by atoms with E-state index in [1.807, 2.05) is 0 Å². The molecule has 204 valence electrons. The first-order valence-electron chi connectivity index (χ1n) is 12.4. The van der Waals surface area contributed by atoms with Crippen LogP contribution in [0.25, 0.3) is 0 Å². The number of nitrogens with one attached hydrogen (secondary N) is 1. The molecule has 1 unspecified atom stereocenters. The van der Waals surface area contributed by atoms with E-state index < -0.39 is 63.9 Å². The van der Waals surface area contributed by atoms with E-state index in [4.69, 9.17) is 24.1 Å². The lowest BCUT2D eigenvalue weighted by molar-refractivity contribution is -0.119. The molecule has 0 aliphatic carbocycles. The van der Waals surface area contributed by atoms with Crippen LogP contribution in [0.2, 0.25) is 36.3 Å². The highest BCUT2D eigenvalue weighted by molar-refractivity contribution is 6.74. The molecule has 3 heterocycles. The molecule has 1 aromatic rings. The number of hydrogen-bond donors (Lipinski definition) is 2. The molecule has 2 fully saturated rings. The smallest absolute Gasteiger partial charge is 0.330 e. The number of H-pyrrole nitrogens is 1. The predicted molar refractivity (Wildman–Crippen MR) is 142 cm³/mol. The molecule has 1 spiro atoms. The van der Waals surface area contributed by atoms with Gasteiger partial charge in [0.2, 0.25) is 5.91 Å². The lowest BCUT2D eigenvalue weighted by Crippen LogP contribution is -2.53. The first kappa shape index (κ1) is 29.0. The molecule has 10 nitrogen and oxygen atoms in total. The van der Waals surface area contributed by atoms with Crippen LogP contribution in [0.5, 0.6) is 0 Å². The second-order valence-electron chi connectivity index (χ2n) is 13.1. The van der Waals surface area contributed by atoms with Gasteiger partial charge in [-0.1, -0.05) is 41.5 Å². The zero-order valence-electron chi connectivity index (χ0n) is 23.5. The van der Waals surface area contributed by atoms with E-state index in [0.717, 1.165) is 0 Å². The van der Waals surface area contributed by atoms with Crippen molar-refractivity contribution in [2.24, 2.45) is 5.73 Å². The summed E-state index contributed by atoms with van der Waals surface area (Å²) in [6.45, 7) is 22.9. The Balaban J connectivity index is 2.12. The lowest BCUT2D eigenvalue weighted by Gasteiger charge is -2.40. The number of epoxide rings is 1. The zero-order valence-corrected chi connectivity index (χ0v) is 25.5. The van der Waals surface area contributed by atoms with E-state index in [1.165, 1.54) is 10.8 Å². The second kappa shape index (κ2) is 9.02. The number of amides is 1. The van der Waals surface area contributed by atoms with Gasteiger partial charge in [0.05, 0.1) is 6.61 Å². The predicted octanol–water partition coefficient (Wildman–Crippen LogP) is 2.78. The number of ether oxygens (including phenoxy) is 2. The Hall–Kier alpha value is -1.58. The van der Waals surface area contributed by atoms with Gasteiger partial charge in [-0.25, -0.2) is 4.79 Å². The molecule has 2 aliphatic rings. The van der Waals surface area contributed by atoms with Crippen molar-refractivity contribution in [2.75, 3.05) is 6.61 Å². The molecule has 12 heteroatoms. The van der Waals surface area contributed by atoms with Gasteiger partial charge in [-0.3, -0.25) is 19.1 Å². The van der Waals surface area contributed by atoms with Gasteiger partial charge in [0, 0.05) is 11.8 Å². The third-order valence-electron chi connectivity index (χ3n) is 8.49. The van der Waals surface area contributed by atoms with Crippen molar-refractivity contribution in [1.82, 2.24) is 9.55 Å². The van der Waals surface area contributed by atoms with Crippen LogP contribution >= 0.6 is 0 Å². The van der Waals surface area contributed by atoms with Crippen LogP contribution in [-0.4, -0.2) is 62.6 Å². The highest BCUT2D eigenvalue weighted by Crippen LogP contribution is 2.56. The minimum Gasteiger partial charge on any atom is -0.414 e. The van der Waals surface area contributed by atoms with Gasteiger partial charge in [-0.05, 0) is 43.2 Å². The van der Waals surface area contributed by atoms with Gasteiger partial charge < -0.3 is 24.1 Å². The fourth-order valence-corrected chi connectivity index (χ4v) is 6.25. The van der Waals surface area contributed by atoms with Gasteiger partial charge in [-0.15, -0.1) is 0 Å². The van der Waals surface area contributed by atoms with Gasteiger partial charge >= 0.3 is 5.69 Å². The van der Waals surface area contributed by atoms with Crippen LogP contribution in [0.1, 0.15) is 53.3 Å². The van der Waals surface area contributed by atoms with Crippen molar-refractivity contribution in [3.63, 3.8) is 0 Å². The summed E-state index contributed by atoms with van der Waals surface area (Å²) in [6, 6.07) is 0. The number of nitrogens with two attached hydrogens (primary N) is 1. The topological polar surface area (TPSA) is 138 Å². The second-order valence-corrected chi connectivity index (χ2v) is 22.7. The fourth-order valence-electron chi connectivity index (χ4n) is 3.96. The van der Waals surface area contributed by atoms with Crippen molar-refractivity contribution < 1.29 is 23.1 Å². The molecule has 2 aliphatic heterocycles. The minimum atomic E-state index is -2.45. The Kier molecular flexibility index (Phi) is 7.26. The van der Waals surface area contributed by atoms with Crippen molar-refractivity contribution in [2.45, 2.75) is 115 Å². The van der Waals surface area contributed by atoms with Gasteiger partial charge in [0.1, 0.15) is 12.2 Å². The highest BCUT2D eigenvalue weighted by Gasteiger charge is 2.76. The molecule has 0 radical (unpaired) electrons. The molecule has 0 saturated carbocycles. The Morgan fingerprint density at radius 2 is 1.67 bits per heavy atom. The summed E-state index contributed by atoms with van der Waals surface area (Å²) >= 11 is 0. The third kappa shape index (κ3) is 4.95. The Morgan fingerprint density at radius 1 is 1.11 bits per heavy atom. The van der Waals surface area contributed by atoms with Crippen LogP contribution in [0.4, 0.5) is 0 Å². The van der Waals surface area contributed by atoms with Crippen molar-refractivity contribution in [3.05, 3.63) is 32.6 Å². The number of primary amides is 1. The van der Waals surface area contributed by atoms with Crippen LogP contribution < -0.4 is 17.0 Å². The van der Waals surface area contributed by atoms with Crippen LogP contribution in [0, 0.1) is 6.92 Å². The van der Waals surface area contributed by atoms with Gasteiger partial charge in [0.15, 0.2) is 34.6 Å². The Bertz CT molecular complexity index is 1130. The monoisotopic (exact) mass is 541 g/mol. The van der Waals surface area contributed by atoms with Crippen molar-refractivity contribution >= 4 is 22.5 Å². The molecule has 0 bridgehead atoms. The molecular weight excluding hydrogens is 498 g/mol. The van der Waals surface area contributed by atoms with E-state index >= 15 is 0 Å². The normalized spacial score (nSPS) is 29.1. The maximum atomic E-state index is 12.9. The summed E-state index contributed by atoms with van der Waals surface area (Å²) in [4.78, 5) is 39.7. The Morgan fingerprint density at radius 3 is 2.14 bits per heavy atom. The summed E-state index contributed by atoms with van der Waals surface area (Å²) in [5.74, 6) is -0.620. The summed E-state index contributed by atoms with van der Waals surface area (Å²) in [5.41, 5.74) is 3.78. The fraction of sp³-hybridized carbons (Fsp3) is 0.792. The van der Waals surface area contributed by atoms with Crippen molar-refractivity contribution in [3.8, 4) is 0 Å². The van der Waals surface area contributed by atoms with E-state index in [1.54, 1.807) is 6.92 Å². The molecule has 3 N–H and O–H groups in total. The molecule has 3 rings (SSSR count). The zero-order chi connectivity index (χ0) is 27.6. The third-order valence-corrected chi connectivity index (χ3v) is 17.4. The number of aromatic nitrogens is 2. The molecule has 1 aromatic heterocycles. The minimum absolute atomic E-state index is 0.0460. The quantitative estimate of drug-likeness (QED) is 0.400. The van der Waals surface area contributed by atoms with Crippen LogP contribution in [-0.2, 0) is 23.1 Å². The van der Waals surface area contributed by atoms with Gasteiger partial charge in [-0.2, -0.15) is 0 Å². The number of aromatic amines is 1. The first-order chi connectivity index (χ1) is 16.2. The van der Waals surface area contributed by atoms with Crippen LogP contribution in [0.15, 0.2) is 15.8 Å². The maximum absolute atomic E-state index is 12.9. The molecule has 36 heavy (non-hydrogen) atoms. The molecular formula is C24H43N3O7Si2. The molecule has 2 saturated heterocycles. The molecule has 5 atom stereocenters. The van der Waals surface area contributed by atoms with Crippen molar-refractivity contribution in [1.29, 1.82) is 0 Å². The molecule has 0 aromatic carbocycles. The number of nitrogens with zero attached hydrogens (tertiary/aromatic N) is 1. The standard InChI is InChI=1S/C24H43N3O7Si2/c1-14-12-27(21(30)26-19(14)29)20-17(34-36(10,11)23(5,6)7)24(16(33-24)18(25)28)15(32-20)13-31-35(8,9)22(2,3)4/h12,15-17,20H,13H2,1-11H3,(H2,25,28)(H,26,29,30)/t15-,16+,17+,20-,24?/m1/s1. The summed E-state index contributed by atoms with van der Waals surface area (Å²) < 4.78 is 27.1. The SMILES string of the molecule is Cc1cn([C@@H]2O[C@H](CO[Si](C)(C)C(C)(C)C)C3(O[C@H]3C(N)=O)[C@H]2O[Si](C)(C)C(C)(C)C)c(=O)[nH]c1=O. The number of hydrogen-bond acceptors (Lipinski definition) is 7. The summed E-state index contributed by atoms with van der Waals surface area (Å²) in [5, 5.41) is -0.215. The lowest BCUT2D eigenvalue weighted by atomic mass is 9.93. The number of rotatable bonds is 7. The maximum Gasteiger partial charge on any atom is 0.330 e. The number of carbonyl (C=O) groups is 1. The Labute approximate surface area is 215 Å². The molecule has 1 amide bonds. The summed E-state index contributed by atoms with van der Waals surface area (Å²) in [6.07, 6.45) is -1.94.